The number of nitrogens with two attached hydrogens (primary N) is 1. The summed E-state index contributed by atoms with van der Waals surface area (Å²) in [5.41, 5.74) is 7.12. The van der Waals surface area contributed by atoms with Crippen molar-refractivity contribution >= 4 is 0 Å². The monoisotopic (exact) mass is 246 g/mol. The topological polar surface area (TPSA) is 66.0 Å². The molecule has 96 valence electrons. The molecule has 0 fully saturated rings. The molecule has 0 radical (unpaired) electrons. The van der Waals surface area contributed by atoms with Crippen LogP contribution in [0.5, 0.6) is 5.88 Å². The molecule has 2 heterocycles. The fourth-order valence-corrected chi connectivity index (χ4v) is 1.98. The average molecular weight is 246 g/mol. The molecule has 0 aliphatic heterocycles. The van der Waals surface area contributed by atoms with Crippen LogP contribution in [0.15, 0.2) is 30.7 Å². The third-order valence-corrected chi connectivity index (χ3v) is 2.82. The van der Waals surface area contributed by atoms with E-state index in [2.05, 4.69) is 21.5 Å². The summed E-state index contributed by atoms with van der Waals surface area (Å²) in [6.45, 7) is 3.03. The quantitative estimate of drug-likeness (QED) is 0.872. The van der Waals surface area contributed by atoms with E-state index < -0.39 is 0 Å². The lowest BCUT2D eigenvalue weighted by atomic mass is 10.1. The van der Waals surface area contributed by atoms with E-state index in [0.717, 1.165) is 24.4 Å². The first-order chi connectivity index (χ1) is 8.77. The molecule has 2 N–H and O–H groups in total. The molecule has 1 unspecified atom stereocenters. The number of hydrogen-bond donors (Lipinski definition) is 1. The van der Waals surface area contributed by atoms with Crippen LogP contribution in [0, 0.1) is 0 Å². The van der Waals surface area contributed by atoms with Crippen molar-refractivity contribution in [3.8, 4) is 5.88 Å². The van der Waals surface area contributed by atoms with Gasteiger partial charge in [0.25, 0.3) is 0 Å². The number of imidazole rings is 1. The molecule has 0 saturated heterocycles. The maximum atomic E-state index is 6.26. The first kappa shape index (κ1) is 12.6. The van der Waals surface area contributed by atoms with Gasteiger partial charge in [0.05, 0.1) is 13.2 Å². The van der Waals surface area contributed by atoms with Gasteiger partial charge in [-0.2, -0.15) is 0 Å². The second kappa shape index (κ2) is 5.64. The second-order valence-corrected chi connectivity index (χ2v) is 4.06. The summed E-state index contributed by atoms with van der Waals surface area (Å²) in [7, 11) is 1.59. The van der Waals surface area contributed by atoms with Crippen LogP contribution in [0.1, 0.15) is 30.8 Å². The fraction of sp³-hybridized carbons (Fsp3) is 0.385. The first-order valence-corrected chi connectivity index (χ1v) is 6.03. The van der Waals surface area contributed by atoms with Gasteiger partial charge in [-0.1, -0.05) is 13.0 Å². The molecule has 18 heavy (non-hydrogen) atoms. The van der Waals surface area contributed by atoms with Crippen LogP contribution in [0.3, 0.4) is 0 Å². The molecule has 0 bridgehead atoms. The number of nitrogens with zero attached hydrogens (tertiary/aromatic N) is 3. The SMILES string of the molecule is CCCn1ccnc1C(N)c1cccnc1OC. The van der Waals surface area contributed by atoms with Gasteiger partial charge >= 0.3 is 0 Å². The van der Waals surface area contributed by atoms with E-state index in [1.54, 1.807) is 19.5 Å². The van der Waals surface area contributed by atoms with Crippen LogP contribution in [-0.2, 0) is 6.54 Å². The number of rotatable bonds is 5. The third-order valence-electron chi connectivity index (χ3n) is 2.82. The highest BCUT2D eigenvalue weighted by Gasteiger charge is 2.18. The highest BCUT2D eigenvalue weighted by Crippen LogP contribution is 2.25. The van der Waals surface area contributed by atoms with E-state index in [1.165, 1.54) is 0 Å². The van der Waals surface area contributed by atoms with Gasteiger partial charge in [0, 0.05) is 30.7 Å². The first-order valence-electron chi connectivity index (χ1n) is 6.03. The molecule has 0 spiro atoms. The summed E-state index contributed by atoms with van der Waals surface area (Å²) in [6.07, 6.45) is 6.45. The lowest BCUT2D eigenvalue weighted by molar-refractivity contribution is 0.389. The van der Waals surface area contributed by atoms with Gasteiger partial charge in [0.1, 0.15) is 5.82 Å². The predicted octanol–water partition coefficient (Wildman–Crippen LogP) is 1.74. The molecule has 0 amide bonds. The minimum atomic E-state index is -0.324. The Bertz CT molecular complexity index is 509. The van der Waals surface area contributed by atoms with Crippen LogP contribution in [0.2, 0.25) is 0 Å². The molecule has 0 aliphatic rings. The third kappa shape index (κ3) is 2.36. The fourth-order valence-electron chi connectivity index (χ4n) is 1.98. The number of ether oxygens (including phenoxy) is 1. The van der Waals surface area contributed by atoms with Crippen LogP contribution < -0.4 is 10.5 Å². The summed E-state index contributed by atoms with van der Waals surface area (Å²) < 4.78 is 7.30. The van der Waals surface area contributed by atoms with Crippen molar-refractivity contribution in [3.63, 3.8) is 0 Å². The summed E-state index contributed by atoms with van der Waals surface area (Å²) in [4.78, 5) is 8.51. The van der Waals surface area contributed by atoms with Gasteiger partial charge < -0.3 is 15.0 Å². The van der Waals surface area contributed by atoms with Crippen molar-refractivity contribution in [2.75, 3.05) is 7.11 Å². The van der Waals surface area contributed by atoms with E-state index >= 15 is 0 Å². The highest BCUT2D eigenvalue weighted by molar-refractivity contribution is 5.32. The Morgan fingerprint density at radius 1 is 1.39 bits per heavy atom. The minimum Gasteiger partial charge on any atom is -0.481 e. The van der Waals surface area contributed by atoms with Crippen molar-refractivity contribution in [2.24, 2.45) is 5.73 Å². The second-order valence-electron chi connectivity index (χ2n) is 4.06. The van der Waals surface area contributed by atoms with Gasteiger partial charge in [-0.25, -0.2) is 9.97 Å². The molecular formula is C13H18N4O. The zero-order valence-corrected chi connectivity index (χ0v) is 10.7. The van der Waals surface area contributed by atoms with E-state index in [0.29, 0.717) is 5.88 Å². The van der Waals surface area contributed by atoms with Crippen molar-refractivity contribution in [2.45, 2.75) is 25.9 Å². The van der Waals surface area contributed by atoms with E-state index in [-0.39, 0.29) is 6.04 Å². The normalized spacial score (nSPS) is 12.4. The lowest BCUT2D eigenvalue weighted by Gasteiger charge is -2.15. The van der Waals surface area contributed by atoms with Crippen LogP contribution >= 0.6 is 0 Å². The smallest absolute Gasteiger partial charge is 0.218 e. The number of hydrogen-bond acceptors (Lipinski definition) is 4. The maximum absolute atomic E-state index is 6.26. The Labute approximate surface area is 107 Å². The van der Waals surface area contributed by atoms with Crippen LogP contribution in [-0.4, -0.2) is 21.6 Å². The molecule has 5 nitrogen and oxygen atoms in total. The largest absolute Gasteiger partial charge is 0.481 e. The molecule has 2 rings (SSSR count). The van der Waals surface area contributed by atoms with E-state index in [4.69, 9.17) is 10.5 Å². The van der Waals surface area contributed by atoms with E-state index in [1.807, 2.05) is 18.3 Å². The van der Waals surface area contributed by atoms with Crippen LogP contribution in [0.4, 0.5) is 0 Å². The zero-order valence-electron chi connectivity index (χ0n) is 10.7. The molecule has 0 saturated carbocycles. The summed E-state index contributed by atoms with van der Waals surface area (Å²) >= 11 is 0. The summed E-state index contributed by atoms with van der Waals surface area (Å²) in [5.74, 6) is 1.39. The predicted molar refractivity (Wildman–Crippen MR) is 69.3 cm³/mol. The van der Waals surface area contributed by atoms with Gasteiger partial charge in [-0.15, -0.1) is 0 Å². The molecule has 2 aromatic heterocycles. The Morgan fingerprint density at radius 2 is 2.22 bits per heavy atom. The van der Waals surface area contributed by atoms with Gasteiger partial charge in [-0.3, -0.25) is 0 Å². The van der Waals surface area contributed by atoms with Gasteiger partial charge in [-0.05, 0) is 12.5 Å². The van der Waals surface area contributed by atoms with Crippen molar-refractivity contribution in [1.29, 1.82) is 0 Å². The van der Waals surface area contributed by atoms with Crippen molar-refractivity contribution < 1.29 is 4.74 Å². The molecule has 1 atom stereocenters. The molecule has 5 heteroatoms. The summed E-state index contributed by atoms with van der Waals surface area (Å²) in [6, 6.07) is 3.45. The Morgan fingerprint density at radius 3 is 2.94 bits per heavy atom. The van der Waals surface area contributed by atoms with Crippen molar-refractivity contribution in [3.05, 3.63) is 42.1 Å². The minimum absolute atomic E-state index is 0.324. The van der Waals surface area contributed by atoms with Crippen LogP contribution in [0.25, 0.3) is 0 Å². The van der Waals surface area contributed by atoms with E-state index in [9.17, 15) is 0 Å². The average Bonchev–Trinajstić information content (AvgIpc) is 2.86. The molecular weight excluding hydrogens is 228 g/mol. The zero-order chi connectivity index (χ0) is 13.0. The number of aryl methyl sites for hydroxylation is 1. The Hall–Kier alpha value is -1.88. The van der Waals surface area contributed by atoms with Gasteiger partial charge in [0.15, 0.2) is 0 Å². The van der Waals surface area contributed by atoms with Gasteiger partial charge in [0.2, 0.25) is 5.88 Å². The highest BCUT2D eigenvalue weighted by atomic mass is 16.5. The Kier molecular flexibility index (Phi) is 3.94. The lowest BCUT2D eigenvalue weighted by Crippen LogP contribution is -2.19. The molecule has 0 aliphatic carbocycles. The molecule has 0 aromatic carbocycles. The Balaban J connectivity index is 2.35. The van der Waals surface area contributed by atoms with Crippen molar-refractivity contribution in [1.82, 2.24) is 14.5 Å². The molecule has 2 aromatic rings. The number of pyridine rings is 1. The number of aromatic nitrogens is 3. The maximum Gasteiger partial charge on any atom is 0.218 e. The standard InChI is InChI=1S/C13H18N4O/c1-3-8-17-9-7-15-12(17)11(14)10-5-4-6-16-13(10)18-2/h4-7,9,11H,3,8,14H2,1-2H3. The number of methoxy groups -OCH3 is 1. The summed E-state index contributed by atoms with van der Waals surface area (Å²) in [5, 5.41) is 0.